The van der Waals surface area contributed by atoms with Crippen LogP contribution in [0, 0.1) is 10.1 Å². The summed E-state index contributed by atoms with van der Waals surface area (Å²) in [4.78, 5) is 38.2. The lowest BCUT2D eigenvalue weighted by Crippen LogP contribution is -2.29. The fourth-order valence-corrected chi connectivity index (χ4v) is 3.87. The SMILES string of the molecule is CCOc1cccc(C2/C(=C(/O)c3cccc([N+](=O)[O-])c3)C(=O)C(=O)N2c2ccccc2)c1. The summed E-state index contributed by atoms with van der Waals surface area (Å²) >= 11 is 0. The van der Waals surface area contributed by atoms with Gasteiger partial charge in [0.05, 0.1) is 23.1 Å². The van der Waals surface area contributed by atoms with Gasteiger partial charge in [-0.25, -0.2) is 0 Å². The summed E-state index contributed by atoms with van der Waals surface area (Å²) in [7, 11) is 0. The fourth-order valence-electron chi connectivity index (χ4n) is 3.87. The highest BCUT2D eigenvalue weighted by atomic mass is 16.6. The molecule has 0 aromatic heterocycles. The zero-order valence-corrected chi connectivity index (χ0v) is 17.7. The van der Waals surface area contributed by atoms with Crippen molar-refractivity contribution in [1.82, 2.24) is 0 Å². The van der Waals surface area contributed by atoms with E-state index in [2.05, 4.69) is 0 Å². The summed E-state index contributed by atoms with van der Waals surface area (Å²) < 4.78 is 5.58. The number of benzene rings is 3. The molecule has 8 nitrogen and oxygen atoms in total. The number of aliphatic hydroxyl groups is 1. The van der Waals surface area contributed by atoms with Gasteiger partial charge in [0.25, 0.3) is 17.4 Å². The molecule has 1 saturated heterocycles. The molecular formula is C25H20N2O6. The van der Waals surface area contributed by atoms with Gasteiger partial charge in [0.15, 0.2) is 0 Å². The van der Waals surface area contributed by atoms with Crippen molar-refractivity contribution in [2.75, 3.05) is 11.5 Å². The minimum atomic E-state index is -0.952. The van der Waals surface area contributed by atoms with Crippen molar-refractivity contribution >= 4 is 28.8 Å². The first-order valence-electron chi connectivity index (χ1n) is 10.3. The number of amides is 1. The third kappa shape index (κ3) is 4.06. The molecule has 4 rings (SSSR count). The molecule has 166 valence electrons. The number of carbonyl (C=O) groups is 2. The number of Topliss-reactive ketones (excluding diaryl/α,β-unsaturated/α-hetero) is 1. The third-order valence-electron chi connectivity index (χ3n) is 5.29. The van der Waals surface area contributed by atoms with E-state index in [1.165, 1.54) is 29.2 Å². The Hall–Kier alpha value is -4.46. The van der Waals surface area contributed by atoms with E-state index in [0.717, 1.165) is 0 Å². The highest BCUT2D eigenvalue weighted by Gasteiger charge is 2.47. The fraction of sp³-hybridized carbons (Fsp3) is 0.120. The number of hydrogen-bond donors (Lipinski definition) is 1. The average Bonchev–Trinajstić information content (AvgIpc) is 3.10. The number of anilines is 1. The van der Waals surface area contributed by atoms with Crippen LogP contribution >= 0.6 is 0 Å². The number of carbonyl (C=O) groups excluding carboxylic acids is 2. The van der Waals surface area contributed by atoms with Crippen LogP contribution in [0.2, 0.25) is 0 Å². The van der Waals surface area contributed by atoms with Crippen LogP contribution in [0.5, 0.6) is 5.75 Å². The predicted molar refractivity (Wildman–Crippen MR) is 122 cm³/mol. The monoisotopic (exact) mass is 444 g/mol. The van der Waals surface area contributed by atoms with Gasteiger partial charge in [-0.2, -0.15) is 0 Å². The number of ketones is 1. The Bertz CT molecular complexity index is 1270. The van der Waals surface area contributed by atoms with Crippen molar-refractivity contribution in [1.29, 1.82) is 0 Å². The van der Waals surface area contributed by atoms with Gasteiger partial charge in [0.1, 0.15) is 11.5 Å². The van der Waals surface area contributed by atoms with E-state index in [-0.39, 0.29) is 16.8 Å². The van der Waals surface area contributed by atoms with Crippen LogP contribution in [0.25, 0.3) is 5.76 Å². The van der Waals surface area contributed by atoms with E-state index in [4.69, 9.17) is 4.74 Å². The molecule has 0 spiro atoms. The van der Waals surface area contributed by atoms with Crippen LogP contribution in [0.4, 0.5) is 11.4 Å². The number of aliphatic hydroxyl groups excluding tert-OH is 1. The van der Waals surface area contributed by atoms with E-state index in [9.17, 15) is 24.8 Å². The average molecular weight is 444 g/mol. The molecule has 1 fully saturated rings. The molecule has 8 heteroatoms. The van der Waals surface area contributed by atoms with Gasteiger partial charge in [-0.1, -0.05) is 42.5 Å². The second-order valence-corrected chi connectivity index (χ2v) is 7.32. The lowest BCUT2D eigenvalue weighted by Gasteiger charge is -2.25. The van der Waals surface area contributed by atoms with Crippen LogP contribution in [0.1, 0.15) is 24.1 Å². The molecule has 1 atom stereocenters. The molecule has 1 aliphatic heterocycles. The third-order valence-corrected chi connectivity index (χ3v) is 5.29. The number of nitro benzene ring substituents is 1. The highest BCUT2D eigenvalue weighted by molar-refractivity contribution is 6.51. The first-order chi connectivity index (χ1) is 15.9. The molecule has 3 aromatic carbocycles. The number of rotatable bonds is 6. The molecule has 1 unspecified atom stereocenters. The smallest absolute Gasteiger partial charge is 0.300 e. The predicted octanol–water partition coefficient (Wildman–Crippen LogP) is 4.62. The summed E-state index contributed by atoms with van der Waals surface area (Å²) in [6, 6.07) is 19.9. The molecule has 0 radical (unpaired) electrons. The number of hydrogen-bond acceptors (Lipinski definition) is 6. The van der Waals surface area contributed by atoms with Gasteiger partial charge in [0, 0.05) is 23.4 Å². The van der Waals surface area contributed by atoms with Gasteiger partial charge < -0.3 is 9.84 Å². The maximum atomic E-state index is 13.1. The summed E-state index contributed by atoms with van der Waals surface area (Å²) in [5.74, 6) is -1.62. The number of non-ortho nitro benzene ring substituents is 1. The zero-order chi connectivity index (χ0) is 23.5. The maximum Gasteiger partial charge on any atom is 0.300 e. The Kier molecular flexibility index (Phi) is 5.91. The van der Waals surface area contributed by atoms with Crippen molar-refractivity contribution in [3.63, 3.8) is 0 Å². The van der Waals surface area contributed by atoms with Gasteiger partial charge >= 0.3 is 0 Å². The normalized spacial score (nSPS) is 17.2. The molecule has 0 aliphatic carbocycles. The largest absolute Gasteiger partial charge is 0.507 e. The molecular weight excluding hydrogens is 424 g/mol. The van der Waals surface area contributed by atoms with Crippen LogP contribution in [-0.2, 0) is 9.59 Å². The first kappa shape index (κ1) is 21.8. The molecule has 0 saturated carbocycles. The van der Waals surface area contributed by atoms with Gasteiger partial charge in [-0.05, 0) is 36.8 Å². The van der Waals surface area contributed by atoms with Crippen LogP contribution in [-0.4, -0.2) is 28.3 Å². The lowest BCUT2D eigenvalue weighted by molar-refractivity contribution is -0.384. The Balaban J connectivity index is 1.94. The van der Waals surface area contributed by atoms with Gasteiger partial charge in [-0.3, -0.25) is 24.6 Å². The zero-order valence-electron chi connectivity index (χ0n) is 17.7. The van der Waals surface area contributed by atoms with Crippen molar-refractivity contribution in [2.45, 2.75) is 13.0 Å². The summed E-state index contributed by atoms with van der Waals surface area (Å²) in [5, 5.41) is 22.3. The molecule has 1 amide bonds. The van der Waals surface area contributed by atoms with Crippen molar-refractivity contribution in [3.8, 4) is 5.75 Å². The second kappa shape index (κ2) is 8.96. The number of ether oxygens (including phenoxy) is 1. The highest BCUT2D eigenvalue weighted by Crippen LogP contribution is 2.42. The first-order valence-corrected chi connectivity index (χ1v) is 10.3. The van der Waals surface area contributed by atoms with E-state index in [0.29, 0.717) is 23.6 Å². The van der Waals surface area contributed by atoms with E-state index in [1.54, 1.807) is 54.6 Å². The van der Waals surface area contributed by atoms with Crippen LogP contribution in [0.3, 0.4) is 0 Å². The molecule has 3 aromatic rings. The summed E-state index contributed by atoms with van der Waals surface area (Å²) in [6.07, 6.45) is 0. The van der Waals surface area contributed by atoms with Gasteiger partial charge in [0.2, 0.25) is 0 Å². The van der Waals surface area contributed by atoms with Crippen molar-refractivity contribution < 1.29 is 24.4 Å². The number of para-hydroxylation sites is 1. The topological polar surface area (TPSA) is 110 Å². The van der Waals surface area contributed by atoms with Crippen molar-refractivity contribution in [2.24, 2.45) is 0 Å². The Morgan fingerprint density at radius 1 is 1.03 bits per heavy atom. The number of nitro groups is 1. The molecule has 1 N–H and O–H groups in total. The molecule has 1 heterocycles. The van der Waals surface area contributed by atoms with Crippen LogP contribution < -0.4 is 9.64 Å². The molecule has 33 heavy (non-hydrogen) atoms. The standard InChI is InChI=1S/C25H20N2O6/c1-2-33-20-13-7-8-16(15-20)22-21(23(28)17-9-6-12-19(14-17)27(31)32)24(29)25(30)26(22)18-10-4-3-5-11-18/h3-15,22,28H,2H2,1H3/b23-21-. The lowest BCUT2D eigenvalue weighted by atomic mass is 9.95. The minimum absolute atomic E-state index is 0.0706. The Labute approximate surface area is 189 Å². The van der Waals surface area contributed by atoms with Crippen LogP contribution in [0.15, 0.2) is 84.4 Å². The molecule has 1 aliphatic rings. The van der Waals surface area contributed by atoms with Gasteiger partial charge in [-0.15, -0.1) is 0 Å². The minimum Gasteiger partial charge on any atom is -0.507 e. The van der Waals surface area contributed by atoms with E-state index < -0.39 is 28.4 Å². The molecule has 0 bridgehead atoms. The second-order valence-electron chi connectivity index (χ2n) is 7.32. The van der Waals surface area contributed by atoms with Crippen molar-refractivity contribution in [3.05, 3.63) is 106 Å². The Morgan fingerprint density at radius 3 is 2.45 bits per heavy atom. The summed E-state index contributed by atoms with van der Waals surface area (Å²) in [5.41, 5.74) is 0.700. The van der Waals surface area contributed by atoms with E-state index >= 15 is 0 Å². The maximum absolute atomic E-state index is 13.1. The quantitative estimate of drug-likeness (QED) is 0.195. The summed E-state index contributed by atoms with van der Waals surface area (Å²) in [6.45, 7) is 2.26. The van der Waals surface area contributed by atoms with E-state index in [1.807, 2.05) is 6.92 Å². The number of nitrogens with zero attached hydrogens (tertiary/aromatic N) is 2. The Morgan fingerprint density at radius 2 is 1.76 bits per heavy atom.